The number of amides is 1. The van der Waals surface area contributed by atoms with E-state index >= 15 is 0 Å². The number of hydrogen-bond donors (Lipinski definition) is 3. The van der Waals surface area contributed by atoms with E-state index in [4.69, 9.17) is 4.74 Å². The van der Waals surface area contributed by atoms with Crippen LogP contribution in [0.25, 0.3) is 11.1 Å². The van der Waals surface area contributed by atoms with Gasteiger partial charge in [-0.15, -0.1) is 0 Å². The molecule has 0 spiro atoms. The lowest BCUT2D eigenvalue weighted by molar-refractivity contribution is 0.0858. The van der Waals surface area contributed by atoms with Crippen molar-refractivity contribution in [2.75, 3.05) is 13.2 Å². The molecule has 0 saturated carbocycles. The van der Waals surface area contributed by atoms with Crippen molar-refractivity contribution in [3.63, 3.8) is 0 Å². The molecule has 3 aromatic carbocycles. The largest absolute Gasteiger partial charge is 0.476 e. The quantitative estimate of drug-likeness (QED) is 0.180. The van der Waals surface area contributed by atoms with E-state index in [-0.39, 0.29) is 5.91 Å². The van der Waals surface area contributed by atoms with Crippen molar-refractivity contribution in [3.05, 3.63) is 114 Å². The van der Waals surface area contributed by atoms with Crippen molar-refractivity contribution in [2.24, 2.45) is 4.99 Å². The van der Waals surface area contributed by atoms with Crippen LogP contribution in [-0.2, 0) is 6.42 Å². The Morgan fingerprint density at radius 1 is 1.00 bits per heavy atom. The Morgan fingerprint density at radius 2 is 1.76 bits per heavy atom. The summed E-state index contributed by atoms with van der Waals surface area (Å²) in [7, 11) is 0. The summed E-state index contributed by atoms with van der Waals surface area (Å²) in [4.78, 5) is 21.8. The fourth-order valence-electron chi connectivity index (χ4n) is 4.57. The molecule has 1 aromatic heterocycles. The van der Waals surface area contributed by atoms with E-state index in [1.807, 2.05) is 97.9 Å². The molecule has 1 heterocycles. The smallest absolute Gasteiger partial charge is 0.251 e. The molecule has 1 aliphatic rings. The number of carbonyl (C=O) groups excluding carboxylic acids is 1. The number of aliphatic hydroxyl groups excluding tert-OH is 1. The number of aliphatic imine (C=N–C) groups is 1. The number of ether oxygens (including phenoxy) is 1. The van der Waals surface area contributed by atoms with E-state index in [1.54, 1.807) is 6.20 Å². The minimum atomic E-state index is -0.695. The van der Waals surface area contributed by atoms with E-state index in [0.717, 1.165) is 33.8 Å². The zero-order chi connectivity index (χ0) is 26.3. The van der Waals surface area contributed by atoms with Crippen LogP contribution in [0.15, 0.2) is 102 Å². The summed E-state index contributed by atoms with van der Waals surface area (Å²) < 4.78 is 5.60. The second kappa shape index (κ2) is 11.7. The highest BCUT2D eigenvalue weighted by Crippen LogP contribution is 2.34. The number of aliphatic hydroxyl groups is 1. The highest BCUT2D eigenvalue weighted by atomic mass is 16.5. The summed E-state index contributed by atoms with van der Waals surface area (Å²) in [5, 5.41) is 17.0. The van der Waals surface area contributed by atoms with Gasteiger partial charge in [0.05, 0.1) is 30.2 Å². The number of rotatable bonds is 8. The molecule has 38 heavy (non-hydrogen) atoms. The lowest BCUT2D eigenvalue weighted by Crippen LogP contribution is -2.33. The van der Waals surface area contributed by atoms with Gasteiger partial charge in [0.15, 0.2) is 0 Å². The van der Waals surface area contributed by atoms with Crippen LogP contribution in [-0.4, -0.2) is 41.1 Å². The van der Waals surface area contributed by atoms with Crippen LogP contribution in [0.3, 0.4) is 0 Å². The van der Waals surface area contributed by atoms with Gasteiger partial charge in [0, 0.05) is 24.2 Å². The van der Waals surface area contributed by atoms with Gasteiger partial charge < -0.3 is 20.5 Å². The van der Waals surface area contributed by atoms with Gasteiger partial charge in [-0.2, -0.15) is 0 Å². The highest BCUT2D eigenvalue weighted by Gasteiger charge is 2.32. The lowest BCUT2D eigenvalue weighted by Gasteiger charge is -2.18. The topological polar surface area (TPSA) is 95.8 Å². The van der Waals surface area contributed by atoms with Crippen LogP contribution in [0.4, 0.5) is 5.69 Å². The maximum absolute atomic E-state index is 13.0. The van der Waals surface area contributed by atoms with Gasteiger partial charge in [0.2, 0.25) is 5.88 Å². The molecule has 0 unspecified atom stereocenters. The van der Waals surface area contributed by atoms with E-state index in [1.165, 1.54) is 0 Å². The third-order valence-corrected chi connectivity index (χ3v) is 6.49. The zero-order valence-electron chi connectivity index (χ0n) is 21.2. The number of fused-ring (bicyclic) bond motifs is 1. The fourth-order valence-corrected chi connectivity index (χ4v) is 4.57. The van der Waals surface area contributed by atoms with Gasteiger partial charge in [-0.1, -0.05) is 54.6 Å². The average Bonchev–Trinajstić information content (AvgIpc) is 3.26. The molecule has 1 amide bonds. The number of nitrogens with one attached hydrogen (secondary N) is 2. The third-order valence-electron chi connectivity index (χ3n) is 6.49. The van der Waals surface area contributed by atoms with Crippen LogP contribution in [0, 0.1) is 0 Å². The van der Waals surface area contributed by atoms with Crippen LogP contribution in [0.1, 0.15) is 34.5 Å². The number of nitrogens with zero attached hydrogens (tertiary/aromatic N) is 2. The number of aromatic nitrogens is 1. The Labute approximate surface area is 222 Å². The molecule has 7 nitrogen and oxygen atoms in total. The molecule has 3 N–H and O–H groups in total. The standard InChI is InChI=1S/C31H30N4O3/c1-21(32-17-18-38-29-9-5-6-16-33-29)34-26-15-14-25-19-28(36)30(27(25)20-26)35-31(37)24-12-10-23(11-13-24)22-7-3-2-4-8-22/h2-16,20,28,30,36H,17-19H2,1H3,(H,32,34)(H,35,37)/t28-,30-/m1/s1. The van der Waals surface area contributed by atoms with Crippen molar-refractivity contribution in [1.82, 2.24) is 15.6 Å². The first kappa shape index (κ1) is 25.2. The van der Waals surface area contributed by atoms with Crippen molar-refractivity contribution in [3.8, 4) is 17.0 Å². The molecule has 5 rings (SSSR count). The molecule has 0 radical (unpaired) electrons. The lowest BCUT2D eigenvalue weighted by atomic mass is 10.0. The number of benzene rings is 3. The predicted octanol–water partition coefficient (Wildman–Crippen LogP) is 4.86. The molecule has 192 valence electrons. The average molecular weight is 507 g/mol. The summed E-state index contributed by atoms with van der Waals surface area (Å²) in [6, 6.07) is 28.4. The number of hydrogen-bond acceptors (Lipinski definition) is 5. The van der Waals surface area contributed by atoms with Crippen molar-refractivity contribution >= 4 is 17.4 Å². The normalized spacial score (nSPS) is 16.5. The summed E-state index contributed by atoms with van der Waals surface area (Å²) >= 11 is 0. The van der Waals surface area contributed by atoms with E-state index < -0.39 is 12.1 Å². The SMILES string of the molecule is C/C(=N\c1ccc2c(c1)[C@@H](NC(=O)c1ccc(-c3ccccc3)cc1)[C@H](O)C2)NCCOc1ccccn1. The van der Waals surface area contributed by atoms with E-state index in [0.29, 0.717) is 31.0 Å². The molecule has 0 bridgehead atoms. The molecule has 0 saturated heterocycles. The van der Waals surface area contributed by atoms with E-state index in [2.05, 4.69) is 20.6 Å². The molecule has 0 fully saturated rings. The van der Waals surface area contributed by atoms with Crippen LogP contribution >= 0.6 is 0 Å². The number of carbonyl (C=O) groups is 1. The van der Waals surface area contributed by atoms with Crippen LogP contribution < -0.4 is 15.4 Å². The van der Waals surface area contributed by atoms with Gasteiger partial charge in [0.25, 0.3) is 5.91 Å². The Kier molecular flexibility index (Phi) is 7.75. The zero-order valence-corrected chi connectivity index (χ0v) is 21.2. The Bertz CT molecular complexity index is 1410. The first-order valence-corrected chi connectivity index (χ1v) is 12.7. The second-order valence-electron chi connectivity index (χ2n) is 9.19. The third kappa shape index (κ3) is 6.07. The molecule has 4 aromatic rings. The molecule has 7 heteroatoms. The summed E-state index contributed by atoms with van der Waals surface area (Å²) in [6.45, 7) is 2.93. The first-order chi connectivity index (χ1) is 18.6. The van der Waals surface area contributed by atoms with Crippen molar-refractivity contribution < 1.29 is 14.6 Å². The molecular weight excluding hydrogens is 476 g/mol. The summed E-state index contributed by atoms with van der Waals surface area (Å²) in [5.74, 6) is 1.11. The Morgan fingerprint density at radius 3 is 2.53 bits per heavy atom. The molecule has 2 atom stereocenters. The monoisotopic (exact) mass is 506 g/mol. The van der Waals surface area contributed by atoms with Gasteiger partial charge in [-0.25, -0.2) is 9.98 Å². The maximum Gasteiger partial charge on any atom is 0.251 e. The highest BCUT2D eigenvalue weighted by molar-refractivity contribution is 5.95. The Balaban J connectivity index is 1.21. The molecule has 1 aliphatic carbocycles. The minimum Gasteiger partial charge on any atom is -0.476 e. The number of amidine groups is 1. The van der Waals surface area contributed by atoms with Gasteiger partial charge in [-0.3, -0.25) is 4.79 Å². The number of pyridine rings is 1. The maximum atomic E-state index is 13.0. The molecular formula is C31H30N4O3. The van der Waals surface area contributed by atoms with E-state index in [9.17, 15) is 9.90 Å². The summed E-state index contributed by atoms with van der Waals surface area (Å²) in [6.07, 6.45) is 1.48. The van der Waals surface area contributed by atoms with Crippen LogP contribution in [0.2, 0.25) is 0 Å². The van der Waals surface area contributed by atoms with Crippen molar-refractivity contribution in [2.45, 2.75) is 25.5 Å². The molecule has 0 aliphatic heterocycles. The predicted molar refractivity (Wildman–Crippen MR) is 149 cm³/mol. The first-order valence-electron chi connectivity index (χ1n) is 12.7. The Hall–Kier alpha value is -4.49. The second-order valence-corrected chi connectivity index (χ2v) is 9.19. The van der Waals surface area contributed by atoms with Crippen LogP contribution in [0.5, 0.6) is 5.88 Å². The fraction of sp³-hybridized carbons (Fsp3) is 0.194. The van der Waals surface area contributed by atoms with Gasteiger partial charge in [0.1, 0.15) is 6.61 Å². The summed E-state index contributed by atoms with van der Waals surface area (Å²) in [5.41, 5.74) is 5.34. The minimum absolute atomic E-state index is 0.221. The van der Waals surface area contributed by atoms with Gasteiger partial charge >= 0.3 is 0 Å². The van der Waals surface area contributed by atoms with Crippen molar-refractivity contribution in [1.29, 1.82) is 0 Å². The van der Waals surface area contributed by atoms with Gasteiger partial charge in [-0.05, 0) is 59.5 Å².